The fourth-order valence-electron chi connectivity index (χ4n) is 4.63. The molecular weight excluding hydrogens is 453 g/mol. The molecular formula is C26H24FN3O3S. The van der Waals surface area contributed by atoms with Crippen LogP contribution in [0.15, 0.2) is 52.9 Å². The molecule has 0 spiro atoms. The van der Waals surface area contributed by atoms with Crippen molar-refractivity contribution < 1.29 is 18.4 Å². The zero-order valence-electron chi connectivity index (χ0n) is 18.6. The molecule has 5 rings (SSSR count). The highest BCUT2D eigenvalue weighted by Gasteiger charge is 2.31. The van der Waals surface area contributed by atoms with Crippen molar-refractivity contribution >= 4 is 34.0 Å². The molecule has 0 aliphatic carbocycles. The van der Waals surface area contributed by atoms with Crippen molar-refractivity contribution in [3.63, 3.8) is 0 Å². The lowest BCUT2D eigenvalue weighted by atomic mass is 9.87. The molecule has 0 saturated carbocycles. The van der Waals surface area contributed by atoms with Crippen LogP contribution in [-0.2, 0) is 6.42 Å². The van der Waals surface area contributed by atoms with E-state index in [0.717, 1.165) is 27.3 Å². The Morgan fingerprint density at radius 2 is 1.94 bits per heavy atom. The van der Waals surface area contributed by atoms with E-state index in [1.54, 1.807) is 12.1 Å². The second-order valence-electron chi connectivity index (χ2n) is 8.63. The number of halogens is 1. The minimum Gasteiger partial charge on any atom is -0.460 e. The number of furan rings is 1. The van der Waals surface area contributed by atoms with Crippen molar-refractivity contribution in [2.24, 2.45) is 11.7 Å². The molecule has 4 aromatic rings. The smallest absolute Gasteiger partial charge is 0.252 e. The fraction of sp³-hybridized carbons (Fsp3) is 0.269. The van der Waals surface area contributed by atoms with Crippen molar-refractivity contribution in [1.29, 1.82) is 0 Å². The topological polar surface area (TPSA) is 98.2 Å². The van der Waals surface area contributed by atoms with Gasteiger partial charge in [-0.3, -0.25) is 9.59 Å². The van der Waals surface area contributed by atoms with Gasteiger partial charge in [-0.15, -0.1) is 11.3 Å². The summed E-state index contributed by atoms with van der Waals surface area (Å²) in [5.41, 5.74) is 7.95. The number of hydrogen-bond acceptors (Lipinski definition) is 6. The number of amides is 1. The van der Waals surface area contributed by atoms with E-state index in [0.29, 0.717) is 42.0 Å². The van der Waals surface area contributed by atoms with Crippen LogP contribution in [0.3, 0.4) is 0 Å². The Balaban J connectivity index is 1.30. The quantitative estimate of drug-likeness (QED) is 0.385. The number of nitrogens with zero attached hydrogens (tertiary/aromatic N) is 1. The average molecular weight is 478 g/mol. The van der Waals surface area contributed by atoms with Crippen LogP contribution in [0, 0.1) is 18.7 Å². The van der Waals surface area contributed by atoms with Gasteiger partial charge >= 0.3 is 0 Å². The van der Waals surface area contributed by atoms with Gasteiger partial charge in [-0.2, -0.15) is 0 Å². The molecule has 1 saturated heterocycles. The second-order valence-corrected chi connectivity index (χ2v) is 9.83. The van der Waals surface area contributed by atoms with Crippen LogP contribution in [0.25, 0.3) is 21.4 Å². The van der Waals surface area contributed by atoms with E-state index in [2.05, 4.69) is 10.3 Å². The molecule has 6 nitrogen and oxygen atoms in total. The Morgan fingerprint density at radius 1 is 1.18 bits per heavy atom. The van der Waals surface area contributed by atoms with Crippen LogP contribution >= 0.6 is 11.3 Å². The molecule has 0 bridgehead atoms. The molecule has 1 amide bonds. The number of hydrogen-bond donors (Lipinski definition) is 2. The summed E-state index contributed by atoms with van der Waals surface area (Å²) in [6, 6.07) is 13.6. The molecule has 2 aromatic carbocycles. The molecule has 1 fully saturated rings. The maximum atomic E-state index is 13.4. The van der Waals surface area contributed by atoms with Gasteiger partial charge in [0.25, 0.3) is 5.91 Å². The minimum atomic E-state index is -0.504. The molecule has 34 heavy (non-hydrogen) atoms. The molecule has 1 aliphatic rings. The van der Waals surface area contributed by atoms with Gasteiger partial charge in [0.2, 0.25) is 0 Å². The first kappa shape index (κ1) is 22.4. The summed E-state index contributed by atoms with van der Waals surface area (Å²) in [7, 11) is 0. The van der Waals surface area contributed by atoms with Gasteiger partial charge in [0, 0.05) is 30.3 Å². The van der Waals surface area contributed by atoms with Gasteiger partial charge < -0.3 is 15.5 Å². The van der Waals surface area contributed by atoms with Gasteiger partial charge in [0.15, 0.2) is 5.78 Å². The lowest BCUT2D eigenvalue weighted by molar-refractivity contribution is 0.0884. The summed E-state index contributed by atoms with van der Waals surface area (Å²) in [5.74, 6) is -0.454. The number of benzene rings is 2. The fourth-order valence-corrected chi connectivity index (χ4v) is 5.56. The number of aryl methyl sites for hydroxylation is 1. The summed E-state index contributed by atoms with van der Waals surface area (Å²) >= 11 is 1.44. The number of primary amides is 1. The van der Waals surface area contributed by atoms with E-state index in [1.165, 1.54) is 23.5 Å². The predicted molar refractivity (Wildman–Crippen MR) is 130 cm³/mol. The third-order valence-corrected chi connectivity index (χ3v) is 7.33. The number of ketones is 1. The number of fused-ring (bicyclic) bond motifs is 1. The van der Waals surface area contributed by atoms with E-state index < -0.39 is 5.91 Å². The number of rotatable bonds is 6. The minimum absolute atomic E-state index is 0.00353. The van der Waals surface area contributed by atoms with E-state index in [4.69, 9.17) is 10.2 Å². The van der Waals surface area contributed by atoms with Gasteiger partial charge in [-0.25, -0.2) is 9.37 Å². The maximum absolute atomic E-state index is 13.4. The van der Waals surface area contributed by atoms with E-state index >= 15 is 0 Å². The van der Waals surface area contributed by atoms with Crippen molar-refractivity contribution in [3.05, 3.63) is 76.4 Å². The zero-order valence-corrected chi connectivity index (χ0v) is 19.5. The number of piperidine rings is 1. The Morgan fingerprint density at radius 3 is 2.65 bits per heavy atom. The predicted octanol–water partition coefficient (Wildman–Crippen LogP) is 4.90. The van der Waals surface area contributed by atoms with Gasteiger partial charge in [-0.1, -0.05) is 30.3 Å². The maximum Gasteiger partial charge on any atom is 0.252 e. The number of aromatic nitrogens is 1. The first-order valence-electron chi connectivity index (χ1n) is 11.2. The first-order chi connectivity index (χ1) is 16.4. The summed E-state index contributed by atoms with van der Waals surface area (Å²) in [4.78, 5) is 30.7. The number of thiazole rings is 1. The summed E-state index contributed by atoms with van der Waals surface area (Å²) in [6.07, 6.45) is 1.97. The number of nitrogens with one attached hydrogen (secondary N) is 1. The van der Waals surface area contributed by atoms with Crippen LogP contribution in [0.2, 0.25) is 0 Å². The number of carbonyl (C=O) groups excluding carboxylic acids is 2. The van der Waals surface area contributed by atoms with Crippen molar-refractivity contribution in [2.45, 2.75) is 32.2 Å². The van der Waals surface area contributed by atoms with Crippen LogP contribution < -0.4 is 11.1 Å². The molecule has 3 N–H and O–H groups in total. The van der Waals surface area contributed by atoms with Crippen LogP contribution in [0.5, 0.6) is 0 Å². The molecule has 1 aliphatic heterocycles. The number of para-hydroxylation sites is 1. The number of Topliss-reactive ketones (excluding diaryl/α,β-unsaturated/α-hetero) is 1. The highest BCUT2D eigenvalue weighted by Crippen LogP contribution is 2.34. The second kappa shape index (κ2) is 9.12. The van der Waals surface area contributed by atoms with E-state index in [-0.39, 0.29) is 23.6 Å². The highest BCUT2D eigenvalue weighted by molar-refractivity contribution is 7.15. The van der Waals surface area contributed by atoms with Crippen LogP contribution in [0.4, 0.5) is 4.39 Å². The normalized spacial score (nSPS) is 18.3. The Hall–Kier alpha value is -3.36. The van der Waals surface area contributed by atoms with Gasteiger partial charge in [0.05, 0.1) is 15.4 Å². The van der Waals surface area contributed by atoms with Crippen LogP contribution in [0.1, 0.15) is 44.5 Å². The Kier molecular flexibility index (Phi) is 6.02. The SMILES string of the molecule is Cc1nc(C(=O)C2CCC(Cc3oc4ccccc4c3C(N)=O)NC2)c(-c2ccc(F)cc2)s1. The monoisotopic (exact) mass is 477 g/mol. The molecule has 2 unspecified atom stereocenters. The highest BCUT2D eigenvalue weighted by atomic mass is 32.1. The Labute approximate surface area is 200 Å². The van der Waals surface area contributed by atoms with E-state index in [1.807, 2.05) is 31.2 Å². The standard InChI is InChI=1S/C26H24FN3O3S/c1-14-30-23(25(34-14)15-6-9-17(27)10-7-15)24(31)16-8-11-18(29-13-16)12-21-22(26(28)32)19-4-2-3-5-20(19)33-21/h2-7,9-10,16,18,29H,8,11-13H2,1H3,(H2,28,32). The van der Waals surface area contributed by atoms with Gasteiger partial charge in [0.1, 0.15) is 22.9 Å². The Bertz CT molecular complexity index is 1370. The number of nitrogens with two attached hydrogens (primary N) is 1. The lowest BCUT2D eigenvalue weighted by Crippen LogP contribution is -2.43. The number of carbonyl (C=O) groups is 2. The van der Waals surface area contributed by atoms with Crippen molar-refractivity contribution in [3.8, 4) is 10.4 Å². The summed E-state index contributed by atoms with van der Waals surface area (Å²) in [5, 5.41) is 4.97. The zero-order chi connectivity index (χ0) is 23.8. The third kappa shape index (κ3) is 4.26. The molecule has 2 atom stereocenters. The van der Waals surface area contributed by atoms with Crippen LogP contribution in [-0.4, -0.2) is 29.3 Å². The van der Waals surface area contributed by atoms with Crippen molar-refractivity contribution in [2.75, 3.05) is 6.54 Å². The van der Waals surface area contributed by atoms with E-state index in [9.17, 15) is 14.0 Å². The molecule has 0 radical (unpaired) electrons. The largest absolute Gasteiger partial charge is 0.460 e. The molecule has 3 heterocycles. The lowest BCUT2D eigenvalue weighted by Gasteiger charge is -2.28. The average Bonchev–Trinajstić information content (AvgIpc) is 3.39. The summed E-state index contributed by atoms with van der Waals surface area (Å²) in [6.45, 7) is 2.38. The van der Waals surface area contributed by atoms with Crippen molar-refractivity contribution in [1.82, 2.24) is 10.3 Å². The van der Waals surface area contributed by atoms with Gasteiger partial charge in [-0.05, 0) is 43.5 Å². The third-order valence-electron chi connectivity index (χ3n) is 6.31. The first-order valence-corrected chi connectivity index (χ1v) is 12.0. The molecule has 2 aromatic heterocycles. The summed E-state index contributed by atoms with van der Waals surface area (Å²) < 4.78 is 19.3. The molecule has 174 valence electrons. The molecule has 8 heteroatoms.